The molecule has 7 heteroatoms. The van der Waals surface area contributed by atoms with Gasteiger partial charge in [-0.2, -0.15) is 16.9 Å². The molecule has 1 amide bonds. The Hall–Kier alpha value is -1.50. The molecule has 1 aliphatic heterocycles. The molecule has 1 saturated heterocycles. The highest BCUT2D eigenvalue weighted by atomic mass is 32.2. The molecule has 1 aromatic heterocycles. The van der Waals surface area contributed by atoms with Crippen LogP contribution in [0.25, 0.3) is 0 Å². The molecule has 1 aromatic rings. The molecule has 1 fully saturated rings. The second kappa shape index (κ2) is 5.43. The SMILES string of the molecule is CC(C(=O)N1CCSCC1)n1cc(C(=O)O)cn1. The van der Waals surface area contributed by atoms with E-state index in [-0.39, 0.29) is 11.5 Å². The molecule has 0 radical (unpaired) electrons. The third-order valence-corrected chi connectivity index (χ3v) is 3.87. The second-order valence-corrected chi connectivity index (χ2v) is 5.35. The molecule has 6 nitrogen and oxygen atoms in total. The van der Waals surface area contributed by atoms with E-state index in [4.69, 9.17) is 5.11 Å². The first kappa shape index (κ1) is 12.9. The summed E-state index contributed by atoms with van der Waals surface area (Å²) < 4.78 is 1.41. The van der Waals surface area contributed by atoms with Crippen LogP contribution in [-0.4, -0.2) is 56.3 Å². The number of nitrogens with zero attached hydrogens (tertiary/aromatic N) is 3. The number of hydrogen-bond donors (Lipinski definition) is 1. The highest BCUT2D eigenvalue weighted by Crippen LogP contribution is 2.15. The van der Waals surface area contributed by atoms with Gasteiger partial charge in [-0.25, -0.2) is 4.79 Å². The summed E-state index contributed by atoms with van der Waals surface area (Å²) in [4.78, 5) is 24.8. The number of carbonyl (C=O) groups excluding carboxylic acids is 1. The van der Waals surface area contributed by atoms with E-state index in [2.05, 4.69) is 5.10 Å². The number of rotatable bonds is 3. The normalized spacial score (nSPS) is 17.5. The fraction of sp³-hybridized carbons (Fsp3) is 0.545. The summed E-state index contributed by atoms with van der Waals surface area (Å²) in [5.74, 6) is 0.876. The van der Waals surface area contributed by atoms with Gasteiger partial charge in [-0.3, -0.25) is 9.48 Å². The van der Waals surface area contributed by atoms with Crippen LogP contribution in [0.3, 0.4) is 0 Å². The fourth-order valence-corrected chi connectivity index (χ4v) is 2.72. The largest absolute Gasteiger partial charge is 0.478 e. The van der Waals surface area contributed by atoms with Gasteiger partial charge in [-0.05, 0) is 6.92 Å². The van der Waals surface area contributed by atoms with Crippen LogP contribution < -0.4 is 0 Å². The predicted octanol–water partition coefficient (Wildman–Crippen LogP) is 0.718. The zero-order valence-corrected chi connectivity index (χ0v) is 10.9. The summed E-state index contributed by atoms with van der Waals surface area (Å²) in [5, 5.41) is 12.8. The van der Waals surface area contributed by atoms with Crippen LogP contribution in [-0.2, 0) is 4.79 Å². The Morgan fingerprint density at radius 3 is 2.67 bits per heavy atom. The number of aromatic nitrogens is 2. The van der Waals surface area contributed by atoms with Crippen LogP contribution in [0.15, 0.2) is 12.4 Å². The van der Waals surface area contributed by atoms with Crippen molar-refractivity contribution in [1.29, 1.82) is 0 Å². The predicted molar refractivity (Wildman–Crippen MR) is 67.8 cm³/mol. The summed E-state index contributed by atoms with van der Waals surface area (Å²) in [6.45, 7) is 3.24. The van der Waals surface area contributed by atoms with Gasteiger partial charge in [0.1, 0.15) is 6.04 Å². The molecule has 0 aromatic carbocycles. The highest BCUT2D eigenvalue weighted by molar-refractivity contribution is 7.99. The average Bonchev–Trinajstić information content (AvgIpc) is 2.88. The second-order valence-electron chi connectivity index (χ2n) is 4.13. The average molecular weight is 269 g/mol. The Balaban J connectivity index is 2.06. The monoisotopic (exact) mass is 269 g/mol. The zero-order chi connectivity index (χ0) is 13.1. The van der Waals surface area contributed by atoms with Crippen molar-refractivity contribution in [2.75, 3.05) is 24.6 Å². The van der Waals surface area contributed by atoms with Crippen molar-refractivity contribution in [3.63, 3.8) is 0 Å². The minimum atomic E-state index is -1.03. The van der Waals surface area contributed by atoms with Gasteiger partial charge in [0, 0.05) is 30.8 Å². The van der Waals surface area contributed by atoms with E-state index in [0.29, 0.717) is 0 Å². The number of thioether (sulfide) groups is 1. The maximum Gasteiger partial charge on any atom is 0.338 e. The summed E-state index contributed by atoms with van der Waals surface area (Å²) >= 11 is 1.84. The summed E-state index contributed by atoms with van der Waals surface area (Å²) in [5.41, 5.74) is 0.101. The van der Waals surface area contributed by atoms with Gasteiger partial charge in [0.15, 0.2) is 0 Å². The molecular weight excluding hydrogens is 254 g/mol. The minimum absolute atomic E-state index is 0.00432. The van der Waals surface area contributed by atoms with Crippen LogP contribution in [0.2, 0.25) is 0 Å². The van der Waals surface area contributed by atoms with Gasteiger partial charge in [-0.1, -0.05) is 0 Å². The lowest BCUT2D eigenvalue weighted by molar-refractivity contribution is -0.134. The van der Waals surface area contributed by atoms with E-state index >= 15 is 0 Å². The van der Waals surface area contributed by atoms with E-state index in [0.717, 1.165) is 24.6 Å². The first-order valence-electron chi connectivity index (χ1n) is 5.73. The van der Waals surface area contributed by atoms with Crippen molar-refractivity contribution in [3.8, 4) is 0 Å². The summed E-state index contributed by atoms with van der Waals surface area (Å²) in [6, 6.07) is -0.457. The molecule has 1 atom stereocenters. The maximum absolute atomic E-state index is 12.2. The lowest BCUT2D eigenvalue weighted by Crippen LogP contribution is -2.41. The van der Waals surface area contributed by atoms with Crippen molar-refractivity contribution in [2.24, 2.45) is 0 Å². The van der Waals surface area contributed by atoms with Crippen molar-refractivity contribution < 1.29 is 14.7 Å². The van der Waals surface area contributed by atoms with Gasteiger partial charge in [0.25, 0.3) is 0 Å². The zero-order valence-electron chi connectivity index (χ0n) is 10.1. The van der Waals surface area contributed by atoms with Gasteiger partial charge >= 0.3 is 5.97 Å². The molecule has 2 heterocycles. The number of carboxylic acids is 1. The smallest absolute Gasteiger partial charge is 0.338 e. The van der Waals surface area contributed by atoms with Crippen molar-refractivity contribution >= 4 is 23.6 Å². The Labute approximate surface area is 109 Å². The molecule has 1 unspecified atom stereocenters. The Morgan fingerprint density at radius 1 is 1.44 bits per heavy atom. The third kappa shape index (κ3) is 2.66. The van der Waals surface area contributed by atoms with Crippen LogP contribution in [0.4, 0.5) is 0 Å². The lowest BCUT2D eigenvalue weighted by Gasteiger charge is -2.28. The van der Waals surface area contributed by atoms with Gasteiger partial charge in [0.2, 0.25) is 5.91 Å². The van der Waals surface area contributed by atoms with Crippen molar-refractivity contribution in [3.05, 3.63) is 18.0 Å². The summed E-state index contributed by atoms with van der Waals surface area (Å²) in [7, 11) is 0. The topological polar surface area (TPSA) is 75.4 Å². The van der Waals surface area contributed by atoms with E-state index in [1.807, 2.05) is 16.7 Å². The fourth-order valence-electron chi connectivity index (χ4n) is 1.82. The number of carbonyl (C=O) groups is 2. The molecule has 0 spiro atoms. The third-order valence-electron chi connectivity index (χ3n) is 2.93. The Kier molecular flexibility index (Phi) is 3.90. The molecular formula is C11H15N3O3S. The first-order chi connectivity index (χ1) is 8.59. The Bertz CT molecular complexity index is 454. The van der Waals surface area contributed by atoms with E-state index in [1.165, 1.54) is 17.1 Å². The molecule has 1 aliphatic rings. The molecule has 18 heavy (non-hydrogen) atoms. The van der Waals surface area contributed by atoms with Crippen LogP contribution >= 0.6 is 11.8 Å². The number of amides is 1. The molecule has 0 bridgehead atoms. The van der Waals surface area contributed by atoms with Crippen LogP contribution in [0.5, 0.6) is 0 Å². The van der Waals surface area contributed by atoms with E-state index in [1.54, 1.807) is 6.92 Å². The van der Waals surface area contributed by atoms with Gasteiger partial charge in [-0.15, -0.1) is 0 Å². The van der Waals surface area contributed by atoms with Gasteiger partial charge in [0.05, 0.1) is 11.8 Å². The van der Waals surface area contributed by atoms with Crippen LogP contribution in [0.1, 0.15) is 23.3 Å². The molecule has 98 valence electrons. The quantitative estimate of drug-likeness (QED) is 0.875. The summed E-state index contributed by atoms with van der Waals surface area (Å²) in [6.07, 6.45) is 2.65. The molecule has 0 aliphatic carbocycles. The van der Waals surface area contributed by atoms with Crippen molar-refractivity contribution in [2.45, 2.75) is 13.0 Å². The van der Waals surface area contributed by atoms with Crippen LogP contribution in [0, 0.1) is 0 Å². The lowest BCUT2D eigenvalue weighted by atomic mass is 10.3. The van der Waals surface area contributed by atoms with E-state index < -0.39 is 12.0 Å². The number of hydrogen-bond acceptors (Lipinski definition) is 4. The highest BCUT2D eigenvalue weighted by Gasteiger charge is 2.24. The molecule has 1 N–H and O–H groups in total. The Morgan fingerprint density at radius 2 is 2.11 bits per heavy atom. The van der Waals surface area contributed by atoms with Gasteiger partial charge < -0.3 is 10.0 Å². The molecule has 0 saturated carbocycles. The minimum Gasteiger partial charge on any atom is -0.478 e. The first-order valence-corrected chi connectivity index (χ1v) is 6.89. The van der Waals surface area contributed by atoms with Crippen molar-refractivity contribution in [1.82, 2.24) is 14.7 Å². The molecule has 2 rings (SSSR count). The number of carboxylic acid groups (broad SMARTS) is 1. The maximum atomic E-state index is 12.2. The standard InChI is InChI=1S/C11H15N3O3S/c1-8(10(15)13-2-4-18-5-3-13)14-7-9(6-12-14)11(16)17/h6-8H,2-5H2,1H3,(H,16,17). The van der Waals surface area contributed by atoms with E-state index in [9.17, 15) is 9.59 Å². The number of aromatic carboxylic acids is 1.